The third kappa shape index (κ3) is 4.08. The SMILES string of the molecule is C=CCOc1ccc(C(O)=C2C(=O)C(=O)N(CCC)[C@H]2c2cccc(OC)c2)cc1. The highest BCUT2D eigenvalue weighted by Gasteiger charge is 2.45. The molecule has 0 unspecified atom stereocenters. The number of methoxy groups -OCH3 is 1. The maximum absolute atomic E-state index is 12.9. The summed E-state index contributed by atoms with van der Waals surface area (Å²) in [5.41, 5.74) is 1.21. The van der Waals surface area contributed by atoms with Crippen molar-refractivity contribution in [3.63, 3.8) is 0 Å². The van der Waals surface area contributed by atoms with Crippen molar-refractivity contribution in [2.75, 3.05) is 20.3 Å². The van der Waals surface area contributed by atoms with Gasteiger partial charge in [0.25, 0.3) is 11.7 Å². The molecule has 1 aliphatic rings. The first-order valence-electron chi connectivity index (χ1n) is 9.78. The van der Waals surface area contributed by atoms with Gasteiger partial charge >= 0.3 is 0 Å². The molecule has 30 heavy (non-hydrogen) atoms. The van der Waals surface area contributed by atoms with Crippen molar-refractivity contribution in [1.29, 1.82) is 0 Å². The Morgan fingerprint density at radius 3 is 2.53 bits per heavy atom. The van der Waals surface area contributed by atoms with E-state index in [-0.39, 0.29) is 11.3 Å². The van der Waals surface area contributed by atoms with Crippen LogP contribution in [0.1, 0.15) is 30.5 Å². The first-order chi connectivity index (χ1) is 14.5. The molecule has 1 aliphatic heterocycles. The van der Waals surface area contributed by atoms with Gasteiger partial charge in [0.2, 0.25) is 0 Å². The summed E-state index contributed by atoms with van der Waals surface area (Å²) in [6.45, 7) is 6.30. The summed E-state index contributed by atoms with van der Waals surface area (Å²) in [7, 11) is 1.55. The van der Waals surface area contributed by atoms with Crippen LogP contribution in [0.4, 0.5) is 0 Å². The number of ketones is 1. The van der Waals surface area contributed by atoms with E-state index in [1.165, 1.54) is 4.90 Å². The normalized spacial score (nSPS) is 17.8. The average Bonchev–Trinajstić information content (AvgIpc) is 3.03. The van der Waals surface area contributed by atoms with Crippen LogP contribution in [0, 0.1) is 0 Å². The third-order valence-corrected chi connectivity index (χ3v) is 4.91. The fraction of sp³-hybridized carbons (Fsp3) is 0.250. The standard InChI is InChI=1S/C24H25NO5/c1-4-13-25-21(17-7-6-8-19(15-17)29-3)20(23(27)24(25)28)22(26)16-9-11-18(12-10-16)30-14-5-2/h5-12,15,21,26H,2,4,13-14H2,1,3H3/t21-/m0/s1. The van der Waals surface area contributed by atoms with E-state index < -0.39 is 17.7 Å². The predicted octanol–water partition coefficient (Wildman–Crippen LogP) is 4.09. The molecule has 1 fully saturated rings. The molecule has 2 aromatic carbocycles. The first kappa shape index (κ1) is 21.2. The first-order valence-corrected chi connectivity index (χ1v) is 9.78. The van der Waals surface area contributed by atoms with Gasteiger partial charge < -0.3 is 19.5 Å². The Hall–Kier alpha value is -3.54. The van der Waals surface area contributed by atoms with Crippen molar-refractivity contribution in [1.82, 2.24) is 4.90 Å². The van der Waals surface area contributed by atoms with Crippen LogP contribution in [-0.4, -0.2) is 42.0 Å². The molecule has 1 amide bonds. The number of ether oxygens (including phenoxy) is 2. The molecule has 2 aromatic rings. The number of nitrogens with zero attached hydrogens (tertiary/aromatic N) is 1. The van der Waals surface area contributed by atoms with Gasteiger partial charge in [-0.15, -0.1) is 0 Å². The molecule has 0 bridgehead atoms. The van der Waals surface area contributed by atoms with Crippen LogP contribution in [0.25, 0.3) is 5.76 Å². The minimum absolute atomic E-state index is 0.0708. The Balaban J connectivity index is 2.09. The van der Waals surface area contributed by atoms with E-state index in [0.717, 1.165) is 0 Å². The summed E-state index contributed by atoms with van der Waals surface area (Å²) in [6, 6.07) is 13.2. The van der Waals surface area contributed by atoms with Crippen molar-refractivity contribution in [2.24, 2.45) is 0 Å². The number of hydrogen-bond donors (Lipinski definition) is 1. The van der Waals surface area contributed by atoms with Gasteiger partial charge in [0.1, 0.15) is 23.9 Å². The van der Waals surface area contributed by atoms with E-state index in [1.807, 2.05) is 13.0 Å². The second-order valence-corrected chi connectivity index (χ2v) is 6.89. The van der Waals surface area contributed by atoms with Gasteiger partial charge in [-0.05, 0) is 48.4 Å². The molecular formula is C24H25NO5. The lowest BCUT2D eigenvalue weighted by molar-refractivity contribution is -0.139. The molecular weight excluding hydrogens is 382 g/mol. The zero-order valence-electron chi connectivity index (χ0n) is 17.1. The number of amides is 1. The largest absolute Gasteiger partial charge is 0.507 e. The number of carbonyl (C=O) groups is 2. The fourth-order valence-corrected chi connectivity index (χ4v) is 3.53. The number of aliphatic hydroxyl groups excluding tert-OH is 1. The zero-order chi connectivity index (χ0) is 21.7. The van der Waals surface area contributed by atoms with Crippen molar-refractivity contribution in [3.8, 4) is 11.5 Å². The van der Waals surface area contributed by atoms with Crippen molar-refractivity contribution < 1.29 is 24.2 Å². The van der Waals surface area contributed by atoms with E-state index in [4.69, 9.17) is 9.47 Å². The molecule has 0 radical (unpaired) electrons. The molecule has 0 saturated carbocycles. The molecule has 1 heterocycles. The molecule has 6 heteroatoms. The molecule has 156 valence electrons. The third-order valence-electron chi connectivity index (χ3n) is 4.91. The number of aliphatic hydroxyl groups is 1. The number of likely N-dealkylation sites (tertiary alicyclic amines) is 1. The number of hydrogen-bond acceptors (Lipinski definition) is 5. The second-order valence-electron chi connectivity index (χ2n) is 6.89. The van der Waals surface area contributed by atoms with Gasteiger partial charge in [-0.1, -0.05) is 31.7 Å². The van der Waals surface area contributed by atoms with E-state index >= 15 is 0 Å². The van der Waals surface area contributed by atoms with E-state index in [2.05, 4.69) is 6.58 Å². The Kier molecular flexibility index (Phi) is 6.57. The van der Waals surface area contributed by atoms with Crippen molar-refractivity contribution in [3.05, 3.63) is 77.9 Å². The molecule has 6 nitrogen and oxygen atoms in total. The maximum Gasteiger partial charge on any atom is 0.295 e. The number of benzene rings is 2. The highest BCUT2D eigenvalue weighted by atomic mass is 16.5. The minimum atomic E-state index is -0.694. The summed E-state index contributed by atoms with van der Waals surface area (Å²) >= 11 is 0. The smallest absolute Gasteiger partial charge is 0.295 e. The molecule has 0 spiro atoms. The summed E-state index contributed by atoms with van der Waals surface area (Å²) < 4.78 is 10.8. The zero-order valence-corrected chi connectivity index (χ0v) is 17.1. The van der Waals surface area contributed by atoms with Gasteiger partial charge in [0, 0.05) is 12.1 Å². The second kappa shape index (κ2) is 9.31. The summed E-state index contributed by atoms with van der Waals surface area (Å²) in [6.07, 6.45) is 2.32. The van der Waals surface area contributed by atoms with Gasteiger partial charge in [0.15, 0.2) is 0 Å². The van der Waals surface area contributed by atoms with E-state index in [9.17, 15) is 14.7 Å². The Morgan fingerprint density at radius 2 is 1.90 bits per heavy atom. The van der Waals surface area contributed by atoms with Crippen LogP contribution in [0.3, 0.4) is 0 Å². The van der Waals surface area contributed by atoms with Gasteiger partial charge in [-0.2, -0.15) is 0 Å². The maximum atomic E-state index is 12.9. The Bertz CT molecular complexity index is 977. The average molecular weight is 407 g/mol. The van der Waals surface area contributed by atoms with E-state index in [0.29, 0.717) is 42.2 Å². The number of carbonyl (C=O) groups excluding carboxylic acids is 2. The Labute approximate surface area is 176 Å². The number of Topliss-reactive ketones (excluding diaryl/α,β-unsaturated/α-hetero) is 1. The lowest BCUT2D eigenvalue weighted by atomic mass is 9.95. The van der Waals surface area contributed by atoms with Crippen LogP contribution in [0.15, 0.2) is 66.8 Å². The van der Waals surface area contributed by atoms with Crippen LogP contribution in [0.2, 0.25) is 0 Å². The van der Waals surface area contributed by atoms with Gasteiger partial charge in [0.05, 0.1) is 18.7 Å². The molecule has 3 rings (SSSR count). The highest BCUT2D eigenvalue weighted by Crippen LogP contribution is 2.40. The topological polar surface area (TPSA) is 76.1 Å². The number of rotatable bonds is 8. The predicted molar refractivity (Wildman–Crippen MR) is 114 cm³/mol. The quantitative estimate of drug-likeness (QED) is 0.309. The Morgan fingerprint density at radius 1 is 1.17 bits per heavy atom. The monoisotopic (exact) mass is 407 g/mol. The van der Waals surface area contributed by atoms with Crippen LogP contribution < -0.4 is 9.47 Å². The van der Waals surface area contributed by atoms with Gasteiger partial charge in [-0.3, -0.25) is 9.59 Å². The summed E-state index contributed by atoms with van der Waals surface area (Å²) in [4.78, 5) is 27.1. The van der Waals surface area contributed by atoms with Crippen LogP contribution in [-0.2, 0) is 9.59 Å². The minimum Gasteiger partial charge on any atom is -0.507 e. The fourth-order valence-electron chi connectivity index (χ4n) is 3.53. The van der Waals surface area contributed by atoms with Gasteiger partial charge in [-0.25, -0.2) is 0 Å². The highest BCUT2D eigenvalue weighted by molar-refractivity contribution is 6.46. The molecule has 1 N–H and O–H groups in total. The van der Waals surface area contributed by atoms with E-state index in [1.54, 1.807) is 55.7 Å². The molecule has 0 aliphatic carbocycles. The summed E-state index contributed by atoms with van der Waals surface area (Å²) in [5, 5.41) is 11.0. The summed E-state index contributed by atoms with van der Waals surface area (Å²) in [5.74, 6) is -0.298. The van der Waals surface area contributed by atoms with Crippen LogP contribution >= 0.6 is 0 Å². The molecule has 0 aromatic heterocycles. The molecule has 1 atom stereocenters. The molecule has 1 saturated heterocycles. The van der Waals surface area contributed by atoms with Crippen LogP contribution in [0.5, 0.6) is 11.5 Å². The lowest BCUT2D eigenvalue weighted by Crippen LogP contribution is -2.30. The van der Waals surface area contributed by atoms with Crippen molar-refractivity contribution >= 4 is 17.4 Å². The van der Waals surface area contributed by atoms with Crippen molar-refractivity contribution in [2.45, 2.75) is 19.4 Å². The lowest BCUT2D eigenvalue weighted by Gasteiger charge is -2.25.